The van der Waals surface area contributed by atoms with Crippen molar-refractivity contribution in [2.24, 2.45) is 5.92 Å². The molecule has 0 unspecified atom stereocenters. The third-order valence-electron chi connectivity index (χ3n) is 6.06. The van der Waals surface area contributed by atoms with Crippen LogP contribution in [0.3, 0.4) is 0 Å². The van der Waals surface area contributed by atoms with Crippen LogP contribution in [-0.4, -0.2) is 79.3 Å². The number of piperidine rings is 1. The van der Waals surface area contributed by atoms with Gasteiger partial charge in [0.25, 0.3) is 0 Å². The average Bonchev–Trinajstić information content (AvgIpc) is 3.57. The number of hydrogen-bond donors (Lipinski definition) is 2. The summed E-state index contributed by atoms with van der Waals surface area (Å²) in [5.74, 6) is 2.65. The van der Waals surface area contributed by atoms with Gasteiger partial charge >= 0.3 is 0 Å². The minimum absolute atomic E-state index is 0.174. The van der Waals surface area contributed by atoms with E-state index in [1.165, 1.54) is 19.3 Å². The highest BCUT2D eigenvalue weighted by molar-refractivity contribution is 5.75. The van der Waals surface area contributed by atoms with E-state index in [9.17, 15) is 4.79 Å². The van der Waals surface area contributed by atoms with Crippen LogP contribution in [-0.2, 0) is 9.53 Å². The van der Waals surface area contributed by atoms with Gasteiger partial charge in [-0.2, -0.15) is 0 Å². The summed E-state index contributed by atoms with van der Waals surface area (Å²) in [7, 11) is 0. The Morgan fingerprint density at radius 1 is 1.17 bits per heavy atom. The molecule has 1 amide bonds. The fourth-order valence-corrected chi connectivity index (χ4v) is 4.15. The van der Waals surface area contributed by atoms with Crippen LogP contribution in [0.15, 0.2) is 12.4 Å². The molecule has 0 bridgehead atoms. The summed E-state index contributed by atoms with van der Waals surface area (Å²) in [5, 5.41) is 6.53. The molecule has 1 atom stereocenters. The number of ether oxygens (including phenoxy) is 1. The number of carbonyl (C=O) groups is 1. The van der Waals surface area contributed by atoms with E-state index in [0.717, 1.165) is 77.0 Å². The van der Waals surface area contributed by atoms with Crippen molar-refractivity contribution in [3.63, 3.8) is 0 Å². The minimum atomic E-state index is 0.174. The van der Waals surface area contributed by atoms with E-state index < -0.39 is 0 Å². The molecule has 1 saturated carbocycles. The monoisotopic (exact) mass is 402 g/mol. The predicted molar refractivity (Wildman–Crippen MR) is 113 cm³/mol. The van der Waals surface area contributed by atoms with Gasteiger partial charge in [-0.25, -0.2) is 9.97 Å². The van der Waals surface area contributed by atoms with E-state index in [-0.39, 0.29) is 5.91 Å². The Kier molecular flexibility index (Phi) is 7.16. The number of anilines is 2. The van der Waals surface area contributed by atoms with Gasteiger partial charge in [-0.05, 0) is 38.0 Å². The summed E-state index contributed by atoms with van der Waals surface area (Å²) in [4.78, 5) is 25.8. The molecule has 29 heavy (non-hydrogen) atoms. The maximum atomic E-state index is 12.2. The van der Waals surface area contributed by atoms with Gasteiger partial charge < -0.3 is 20.3 Å². The largest absolute Gasteiger partial charge is 0.379 e. The number of rotatable bonds is 9. The SMILES string of the molecule is O=C(CC[C@H]1CCCN(c2cc(NC3CC3)ncn2)C1)NCCN1CCOCC1. The van der Waals surface area contributed by atoms with Crippen molar-refractivity contribution in [1.29, 1.82) is 0 Å². The minimum Gasteiger partial charge on any atom is -0.379 e. The number of nitrogens with one attached hydrogen (secondary N) is 2. The second kappa shape index (κ2) is 10.2. The standard InChI is InChI=1S/C21H34N6O2/c28-21(22-7-9-26-10-12-29-13-11-26)6-3-17-2-1-8-27(15-17)20-14-19(23-16-24-20)25-18-4-5-18/h14,16-18H,1-13,15H2,(H,22,28)(H,23,24,25)/t17-/m1/s1. The predicted octanol–water partition coefficient (Wildman–Crippen LogP) is 1.50. The topological polar surface area (TPSA) is 82.6 Å². The van der Waals surface area contributed by atoms with Crippen molar-refractivity contribution in [3.8, 4) is 0 Å². The Labute approximate surface area is 173 Å². The fraction of sp³-hybridized carbons (Fsp3) is 0.762. The first-order valence-corrected chi connectivity index (χ1v) is 11.2. The van der Waals surface area contributed by atoms with Gasteiger partial charge in [0.15, 0.2) is 0 Å². The van der Waals surface area contributed by atoms with Gasteiger partial charge in [0, 0.05) is 57.8 Å². The molecule has 0 spiro atoms. The first-order valence-electron chi connectivity index (χ1n) is 11.2. The highest BCUT2D eigenvalue weighted by Crippen LogP contribution is 2.27. The lowest BCUT2D eigenvalue weighted by Gasteiger charge is -2.33. The van der Waals surface area contributed by atoms with Crippen molar-refractivity contribution in [2.75, 3.05) is 62.7 Å². The zero-order valence-corrected chi connectivity index (χ0v) is 17.3. The Hall–Kier alpha value is -1.93. The van der Waals surface area contributed by atoms with Gasteiger partial charge in [0.2, 0.25) is 5.91 Å². The molecule has 8 nitrogen and oxygen atoms in total. The van der Waals surface area contributed by atoms with E-state index in [4.69, 9.17) is 4.74 Å². The van der Waals surface area contributed by atoms with E-state index in [1.807, 2.05) is 0 Å². The van der Waals surface area contributed by atoms with Crippen LogP contribution in [0.2, 0.25) is 0 Å². The van der Waals surface area contributed by atoms with E-state index in [2.05, 4.69) is 36.5 Å². The third-order valence-corrected chi connectivity index (χ3v) is 6.06. The van der Waals surface area contributed by atoms with Crippen LogP contribution in [0, 0.1) is 5.92 Å². The smallest absolute Gasteiger partial charge is 0.220 e. The molecule has 0 aromatic carbocycles. The lowest BCUT2D eigenvalue weighted by atomic mass is 9.93. The summed E-state index contributed by atoms with van der Waals surface area (Å²) in [5.41, 5.74) is 0. The molecule has 160 valence electrons. The Balaban J connectivity index is 1.17. The summed E-state index contributed by atoms with van der Waals surface area (Å²) in [6.07, 6.45) is 8.03. The number of aromatic nitrogens is 2. The van der Waals surface area contributed by atoms with Gasteiger partial charge in [0.1, 0.15) is 18.0 Å². The average molecular weight is 403 g/mol. The molecule has 3 fully saturated rings. The van der Waals surface area contributed by atoms with Crippen molar-refractivity contribution < 1.29 is 9.53 Å². The second-order valence-corrected chi connectivity index (χ2v) is 8.48. The van der Waals surface area contributed by atoms with Crippen LogP contribution >= 0.6 is 0 Å². The summed E-state index contributed by atoms with van der Waals surface area (Å²) < 4.78 is 5.36. The summed E-state index contributed by atoms with van der Waals surface area (Å²) >= 11 is 0. The van der Waals surface area contributed by atoms with Gasteiger partial charge in [0.05, 0.1) is 13.2 Å². The van der Waals surface area contributed by atoms with Gasteiger partial charge in [-0.1, -0.05) is 0 Å². The van der Waals surface area contributed by atoms with Gasteiger partial charge in [-0.15, -0.1) is 0 Å². The fourth-order valence-electron chi connectivity index (χ4n) is 4.15. The molecule has 4 rings (SSSR count). The zero-order valence-electron chi connectivity index (χ0n) is 17.3. The molecule has 3 heterocycles. The molecule has 8 heteroatoms. The highest BCUT2D eigenvalue weighted by atomic mass is 16.5. The summed E-state index contributed by atoms with van der Waals surface area (Å²) in [6, 6.07) is 2.66. The number of carbonyl (C=O) groups excluding carboxylic acids is 1. The number of nitrogens with zero attached hydrogens (tertiary/aromatic N) is 4. The molecular formula is C21H34N6O2. The number of morpholine rings is 1. The molecule has 2 aliphatic heterocycles. The van der Waals surface area contributed by atoms with E-state index >= 15 is 0 Å². The Bertz CT molecular complexity index is 662. The van der Waals surface area contributed by atoms with E-state index in [0.29, 0.717) is 18.4 Å². The number of hydrogen-bond acceptors (Lipinski definition) is 7. The highest BCUT2D eigenvalue weighted by Gasteiger charge is 2.24. The molecule has 2 N–H and O–H groups in total. The Morgan fingerprint density at radius 3 is 2.86 bits per heavy atom. The van der Waals surface area contributed by atoms with Crippen molar-refractivity contribution in [3.05, 3.63) is 12.4 Å². The lowest BCUT2D eigenvalue weighted by Crippen LogP contribution is -2.41. The maximum Gasteiger partial charge on any atom is 0.220 e. The molecule has 0 radical (unpaired) electrons. The van der Waals surface area contributed by atoms with Crippen molar-refractivity contribution in [1.82, 2.24) is 20.2 Å². The lowest BCUT2D eigenvalue weighted by molar-refractivity contribution is -0.121. The van der Waals surface area contributed by atoms with Crippen LogP contribution in [0.4, 0.5) is 11.6 Å². The molecule has 1 aliphatic carbocycles. The third kappa shape index (κ3) is 6.54. The summed E-state index contributed by atoms with van der Waals surface area (Å²) in [6.45, 7) is 7.18. The first-order chi connectivity index (χ1) is 14.3. The quantitative estimate of drug-likeness (QED) is 0.648. The normalized spacial score (nSPS) is 23.0. The van der Waals surface area contributed by atoms with Crippen molar-refractivity contribution in [2.45, 2.75) is 44.6 Å². The molecular weight excluding hydrogens is 368 g/mol. The van der Waals surface area contributed by atoms with Crippen LogP contribution in [0.1, 0.15) is 38.5 Å². The molecule has 2 saturated heterocycles. The van der Waals surface area contributed by atoms with Crippen molar-refractivity contribution >= 4 is 17.5 Å². The maximum absolute atomic E-state index is 12.2. The van der Waals surface area contributed by atoms with Gasteiger partial charge in [-0.3, -0.25) is 9.69 Å². The number of amides is 1. The van der Waals surface area contributed by atoms with Crippen LogP contribution < -0.4 is 15.5 Å². The molecule has 3 aliphatic rings. The molecule has 1 aromatic rings. The van der Waals surface area contributed by atoms with E-state index in [1.54, 1.807) is 6.33 Å². The second-order valence-electron chi connectivity index (χ2n) is 8.48. The first kappa shape index (κ1) is 20.3. The van der Waals surface area contributed by atoms with Crippen LogP contribution in [0.25, 0.3) is 0 Å². The molecule has 1 aromatic heterocycles. The van der Waals surface area contributed by atoms with Crippen LogP contribution in [0.5, 0.6) is 0 Å². The zero-order chi connectivity index (χ0) is 19.9. The Morgan fingerprint density at radius 2 is 2.03 bits per heavy atom.